The molecule has 0 aliphatic heterocycles. The SMILES string of the molecule is O=[N+]([O-])c1ccc(Cl)cc1-c1ccc(C(F)(F)F)cc1. The minimum absolute atomic E-state index is 0.177. The molecule has 104 valence electrons. The first kappa shape index (κ1) is 14.3. The Morgan fingerprint density at radius 3 is 2.15 bits per heavy atom. The normalized spacial score (nSPS) is 11.4. The molecule has 0 atom stereocenters. The molecule has 7 heteroatoms. The van der Waals surface area contributed by atoms with Gasteiger partial charge in [0.25, 0.3) is 5.69 Å². The van der Waals surface area contributed by atoms with Gasteiger partial charge in [-0.15, -0.1) is 0 Å². The third-order valence-electron chi connectivity index (χ3n) is 2.68. The first-order chi connectivity index (χ1) is 9.29. The Bertz CT molecular complexity index is 654. The van der Waals surface area contributed by atoms with Crippen LogP contribution in [-0.2, 0) is 6.18 Å². The van der Waals surface area contributed by atoms with Gasteiger partial charge in [0.05, 0.1) is 16.1 Å². The van der Waals surface area contributed by atoms with Gasteiger partial charge in [0, 0.05) is 11.1 Å². The van der Waals surface area contributed by atoms with Crippen molar-refractivity contribution in [2.45, 2.75) is 6.18 Å². The van der Waals surface area contributed by atoms with Crippen LogP contribution in [0, 0.1) is 10.1 Å². The summed E-state index contributed by atoms with van der Waals surface area (Å²) in [6, 6.07) is 8.04. The lowest BCUT2D eigenvalue weighted by Gasteiger charge is -2.08. The Labute approximate surface area is 116 Å². The maximum Gasteiger partial charge on any atom is 0.416 e. The minimum Gasteiger partial charge on any atom is -0.258 e. The Kier molecular flexibility index (Phi) is 3.67. The second kappa shape index (κ2) is 5.13. The molecule has 0 fully saturated rings. The molecular formula is C13H7ClF3NO2. The van der Waals surface area contributed by atoms with Crippen LogP contribution in [0.15, 0.2) is 42.5 Å². The van der Waals surface area contributed by atoms with Crippen molar-refractivity contribution in [2.24, 2.45) is 0 Å². The fourth-order valence-electron chi connectivity index (χ4n) is 1.74. The molecule has 0 bridgehead atoms. The molecule has 0 aliphatic carbocycles. The number of benzene rings is 2. The van der Waals surface area contributed by atoms with E-state index in [9.17, 15) is 23.3 Å². The second-order valence-corrected chi connectivity index (χ2v) is 4.43. The van der Waals surface area contributed by atoms with E-state index in [1.807, 2.05) is 0 Å². The summed E-state index contributed by atoms with van der Waals surface area (Å²) < 4.78 is 37.4. The second-order valence-electron chi connectivity index (χ2n) is 3.99. The number of alkyl halides is 3. The van der Waals surface area contributed by atoms with Crippen molar-refractivity contribution in [3.63, 3.8) is 0 Å². The standard InChI is InChI=1S/C13H7ClF3NO2/c14-10-5-6-12(18(19)20)11(7-10)8-1-3-9(4-2-8)13(15,16)17/h1-7H. The quantitative estimate of drug-likeness (QED) is 0.583. The van der Waals surface area contributed by atoms with Gasteiger partial charge in [-0.05, 0) is 29.8 Å². The highest BCUT2D eigenvalue weighted by Crippen LogP contribution is 2.35. The van der Waals surface area contributed by atoms with Crippen LogP contribution in [0.3, 0.4) is 0 Å². The molecule has 3 nitrogen and oxygen atoms in total. The summed E-state index contributed by atoms with van der Waals surface area (Å²) in [5.41, 5.74) is -0.552. The molecule has 2 aromatic rings. The van der Waals surface area contributed by atoms with Crippen LogP contribution in [-0.4, -0.2) is 4.92 Å². The van der Waals surface area contributed by atoms with E-state index in [2.05, 4.69) is 0 Å². The van der Waals surface area contributed by atoms with E-state index in [1.165, 1.54) is 30.3 Å². The zero-order valence-corrected chi connectivity index (χ0v) is 10.6. The van der Waals surface area contributed by atoms with E-state index < -0.39 is 16.7 Å². The van der Waals surface area contributed by atoms with Crippen LogP contribution in [0.4, 0.5) is 18.9 Å². The predicted molar refractivity (Wildman–Crippen MR) is 68.5 cm³/mol. The highest BCUT2D eigenvalue weighted by molar-refractivity contribution is 6.31. The van der Waals surface area contributed by atoms with Gasteiger partial charge in [-0.3, -0.25) is 10.1 Å². The molecule has 0 saturated heterocycles. The molecule has 0 aromatic heterocycles. The number of halogens is 4. The number of rotatable bonds is 2. The number of nitrogens with zero attached hydrogens (tertiary/aromatic N) is 1. The van der Waals surface area contributed by atoms with Crippen LogP contribution >= 0.6 is 11.6 Å². The van der Waals surface area contributed by atoms with Gasteiger partial charge in [-0.1, -0.05) is 23.7 Å². The van der Waals surface area contributed by atoms with Crippen molar-refractivity contribution in [2.75, 3.05) is 0 Å². The third kappa shape index (κ3) is 2.91. The average Bonchev–Trinajstić information content (AvgIpc) is 2.37. The van der Waals surface area contributed by atoms with E-state index in [4.69, 9.17) is 11.6 Å². The minimum atomic E-state index is -4.45. The number of nitro benzene ring substituents is 1. The molecule has 0 N–H and O–H groups in total. The molecule has 0 saturated carbocycles. The Balaban J connectivity index is 2.52. The van der Waals surface area contributed by atoms with Crippen LogP contribution in [0.25, 0.3) is 11.1 Å². The lowest BCUT2D eigenvalue weighted by Crippen LogP contribution is -2.04. The Morgan fingerprint density at radius 1 is 1.05 bits per heavy atom. The van der Waals surface area contributed by atoms with E-state index in [0.29, 0.717) is 5.56 Å². The average molecular weight is 302 g/mol. The van der Waals surface area contributed by atoms with E-state index in [1.54, 1.807) is 0 Å². The monoisotopic (exact) mass is 301 g/mol. The third-order valence-corrected chi connectivity index (χ3v) is 2.91. The molecule has 0 aliphatic rings. The van der Waals surface area contributed by atoms with Crippen LogP contribution in [0.1, 0.15) is 5.56 Å². The molecule has 20 heavy (non-hydrogen) atoms. The van der Waals surface area contributed by atoms with Crippen LogP contribution in [0.2, 0.25) is 5.02 Å². The first-order valence-corrected chi connectivity index (χ1v) is 5.78. The zero-order chi connectivity index (χ0) is 14.9. The van der Waals surface area contributed by atoms with E-state index >= 15 is 0 Å². The Morgan fingerprint density at radius 2 is 1.65 bits per heavy atom. The van der Waals surface area contributed by atoms with Crippen molar-refractivity contribution >= 4 is 17.3 Å². The smallest absolute Gasteiger partial charge is 0.258 e. The van der Waals surface area contributed by atoms with Crippen molar-refractivity contribution in [1.82, 2.24) is 0 Å². The topological polar surface area (TPSA) is 43.1 Å². The maximum absolute atomic E-state index is 12.5. The summed E-state index contributed by atoms with van der Waals surface area (Å²) in [6.07, 6.45) is -4.45. The van der Waals surface area contributed by atoms with Gasteiger partial charge in [-0.25, -0.2) is 0 Å². The summed E-state index contributed by atoms with van der Waals surface area (Å²) in [5.74, 6) is 0. The summed E-state index contributed by atoms with van der Waals surface area (Å²) in [4.78, 5) is 10.3. The summed E-state index contributed by atoms with van der Waals surface area (Å²) in [6.45, 7) is 0. The van der Waals surface area contributed by atoms with E-state index in [0.717, 1.165) is 12.1 Å². The van der Waals surface area contributed by atoms with Gasteiger partial charge in [-0.2, -0.15) is 13.2 Å². The summed E-state index contributed by atoms with van der Waals surface area (Å²) >= 11 is 5.77. The van der Waals surface area contributed by atoms with Gasteiger partial charge < -0.3 is 0 Å². The number of nitro groups is 1. The molecule has 0 heterocycles. The summed E-state index contributed by atoms with van der Waals surface area (Å²) in [5, 5.41) is 11.2. The largest absolute Gasteiger partial charge is 0.416 e. The molecular weight excluding hydrogens is 295 g/mol. The highest BCUT2D eigenvalue weighted by Gasteiger charge is 2.30. The lowest BCUT2D eigenvalue weighted by molar-refractivity contribution is -0.384. The van der Waals surface area contributed by atoms with Crippen molar-refractivity contribution < 1.29 is 18.1 Å². The van der Waals surface area contributed by atoms with Crippen LogP contribution in [0.5, 0.6) is 0 Å². The predicted octanol–water partition coefficient (Wildman–Crippen LogP) is 4.93. The first-order valence-electron chi connectivity index (χ1n) is 5.40. The van der Waals surface area contributed by atoms with Gasteiger partial charge in [0.2, 0.25) is 0 Å². The summed E-state index contributed by atoms with van der Waals surface area (Å²) in [7, 11) is 0. The molecule has 0 radical (unpaired) electrons. The van der Waals surface area contributed by atoms with Crippen molar-refractivity contribution in [1.29, 1.82) is 0 Å². The van der Waals surface area contributed by atoms with Crippen molar-refractivity contribution in [3.05, 3.63) is 63.2 Å². The highest BCUT2D eigenvalue weighted by atomic mass is 35.5. The van der Waals surface area contributed by atoms with E-state index in [-0.39, 0.29) is 16.3 Å². The number of hydrogen-bond donors (Lipinski definition) is 0. The maximum atomic E-state index is 12.5. The van der Waals surface area contributed by atoms with Crippen LogP contribution < -0.4 is 0 Å². The molecule has 0 spiro atoms. The molecule has 2 aromatic carbocycles. The van der Waals surface area contributed by atoms with Gasteiger partial charge in [0.15, 0.2) is 0 Å². The van der Waals surface area contributed by atoms with Crippen molar-refractivity contribution in [3.8, 4) is 11.1 Å². The molecule has 2 rings (SSSR count). The lowest BCUT2D eigenvalue weighted by atomic mass is 10.0. The fraction of sp³-hybridized carbons (Fsp3) is 0.0769. The number of hydrogen-bond acceptors (Lipinski definition) is 2. The molecule has 0 unspecified atom stereocenters. The Hall–Kier alpha value is -2.08. The van der Waals surface area contributed by atoms with Gasteiger partial charge >= 0.3 is 6.18 Å². The zero-order valence-electron chi connectivity index (χ0n) is 9.82. The van der Waals surface area contributed by atoms with Gasteiger partial charge in [0.1, 0.15) is 0 Å². The molecule has 0 amide bonds. The fourth-order valence-corrected chi connectivity index (χ4v) is 1.91.